The Morgan fingerprint density at radius 1 is 1.28 bits per heavy atom. The van der Waals surface area contributed by atoms with Crippen LogP contribution in [0, 0.1) is 11.8 Å². The van der Waals surface area contributed by atoms with Gasteiger partial charge in [0.2, 0.25) is 0 Å². The van der Waals surface area contributed by atoms with E-state index in [-0.39, 0.29) is 0 Å². The van der Waals surface area contributed by atoms with Crippen molar-refractivity contribution in [1.29, 1.82) is 0 Å². The Kier molecular flexibility index (Phi) is 3.92. The number of hydrogen-bond acceptors (Lipinski definition) is 3. The lowest BCUT2D eigenvalue weighted by atomic mass is 9.94. The Morgan fingerprint density at radius 2 is 2.17 bits per heavy atom. The highest BCUT2D eigenvalue weighted by Gasteiger charge is 2.44. The molecule has 4 atom stereocenters. The summed E-state index contributed by atoms with van der Waals surface area (Å²) in [6.45, 7) is 9.51. The van der Waals surface area contributed by atoms with Crippen LogP contribution in [0.1, 0.15) is 39.5 Å². The second kappa shape index (κ2) is 5.48. The molecule has 0 aliphatic carbocycles. The minimum absolute atomic E-state index is 0.567. The van der Waals surface area contributed by atoms with E-state index in [1.807, 2.05) is 0 Å². The van der Waals surface area contributed by atoms with Gasteiger partial charge in [0.1, 0.15) is 0 Å². The molecule has 4 unspecified atom stereocenters. The number of nitrogens with zero attached hydrogens (tertiary/aromatic N) is 1. The predicted octanol–water partition coefficient (Wildman–Crippen LogP) is 1.87. The minimum Gasteiger partial charge on any atom is -0.373 e. The number of rotatable bonds is 5. The Bertz CT molecular complexity index is 282. The fraction of sp³-hybridized carbons (Fsp3) is 1.00. The lowest BCUT2D eigenvalue weighted by Crippen LogP contribution is -2.41. The van der Waals surface area contributed by atoms with E-state index in [2.05, 4.69) is 24.1 Å². The third kappa shape index (κ3) is 2.73. The zero-order chi connectivity index (χ0) is 12.5. The topological polar surface area (TPSA) is 24.5 Å². The average Bonchev–Trinajstić information content (AvgIpc) is 3.03. The third-order valence-corrected chi connectivity index (χ3v) is 4.85. The number of nitrogens with one attached hydrogen (secondary N) is 1. The van der Waals surface area contributed by atoms with Gasteiger partial charge < -0.3 is 10.1 Å². The first-order valence-electron chi connectivity index (χ1n) is 7.82. The molecule has 2 bridgehead atoms. The summed E-state index contributed by atoms with van der Waals surface area (Å²) >= 11 is 0. The molecule has 18 heavy (non-hydrogen) atoms. The van der Waals surface area contributed by atoms with Crippen molar-refractivity contribution in [2.75, 3.05) is 26.2 Å². The number of hydrogen-bond donors (Lipinski definition) is 1. The molecule has 0 saturated carbocycles. The molecule has 3 nitrogen and oxygen atoms in total. The molecule has 3 heterocycles. The highest BCUT2D eigenvalue weighted by molar-refractivity contribution is 4.97. The van der Waals surface area contributed by atoms with Gasteiger partial charge in [-0.1, -0.05) is 13.8 Å². The number of ether oxygens (including phenoxy) is 1. The number of fused-ring (bicyclic) bond motifs is 2. The molecule has 3 saturated heterocycles. The summed E-state index contributed by atoms with van der Waals surface area (Å²) in [4.78, 5) is 2.71. The summed E-state index contributed by atoms with van der Waals surface area (Å²) in [5, 5.41) is 3.61. The first-order valence-corrected chi connectivity index (χ1v) is 7.82. The smallest absolute Gasteiger partial charge is 0.0735 e. The van der Waals surface area contributed by atoms with Gasteiger partial charge in [0.05, 0.1) is 12.2 Å². The second-order valence-electron chi connectivity index (χ2n) is 6.88. The van der Waals surface area contributed by atoms with Crippen LogP contribution < -0.4 is 5.32 Å². The minimum atomic E-state index is 0.567. The van der Waals surface area contributed by atoms with E-state index >= 15 is 0 Å². The summed E-state index contributed by atoms with van der Waals surface area (Å²) in [5.74, 6) is 1.63. The van der Waals surface area contributed by atoms with Crippen molar-refractivity contribution in [3.63, 3.8) is 0 Å². The Labute approximate surface area is 111 Å². The van der Waals surface area contributed by atoms with Crippen molar-refractivity contribution in [3.05, 3.63) is 0 Å². The van der Waals surface area contributed by atoms with Gasteiger partial charge in [-0.05, 0) is 57.2 Å². The maximum absolute atomic E-state index is 5.99. The summed E-state index contributed by atoms with van der Waals surface area (Å²) in [6, 6.07) is 0.749. The molecule has 0 aromatic carbocycles. The fourth-order valence-electron chi connectivity index (χ4n) is 3.90. The molecular weight excluding hydrogens is 224 g/mol. The van der Waals surface area contributed by atoms with E-state index < -0.39 is 0 Å². The third-order valence-electron chi connectivity index (χ3n) is 4.85. The summed E-state index contributed by atoms with van der Waals surface area (Å²) in [7, 11) is 0. The van der Waals surface area contributed by atoms with Gasteiger partial charge in [0, 0.05) is 12.6 Å². The monoisotopic (exact) mass is 252 g/mol. The standard InChI is InChI=1S/C15H28N2O/c1-11(2)8-16-9-12-5-6-17(10-12)14-7-13-3-4-15(14)18-13/h11-16H,3-10H2,1-2H3. The van der Waals surface area contributed by atoms with Crippen LogP contribution in [-0.4, -0.2) is 49.3 Å². The lowest BCUT2D eigenvalue weighted by Gasteiger charge is -2.29. The van der Waals surface area contributed by atoms with Crippen molar-refractivity contribution >= 4 is 0 Å². The van der Waals surface area contributed by atoms with Crippen LogP contribution in [0.25, 0.3) is 0 Å². The van der Waals surface area contributed by atoms with Crippen molar-refractivity contribution in [3.8, 4) is 0 Å². The summed E-state index contributed by atoms with van der Waals surface area (Å²) in [5.41, 5.74) is 0. The Balaban J connectivity index is 1.41. The predicted molar refractivity (Wildman–Crippen MR) is 73.7 cm³/mol. The van der Waals surface area contributed by atoms with Crippen LogP contribution in [0.5, 0.6) is 0 Å². The number of likely N-dealkylation sites (tertiary alicyclic amines) is 1. The zero-order valence-electron chi connectivity index (χ0n) is 11.9. The van der Waals surface area contributed by atoms with Gasteiger partial charge in [-0.3, -0.25) is 4.90 Å². The van der Waals surface area contributed by atoms with Crippen LogP contribution in [0.4, 0.5) is 0 Å². The first kappa shape index (κ1) is 12.9. The van der Waals surface area contributed by atoms with Crippen molar-refractivity contribution in [2.24, 2.45) is 11.8 Å². The van der Waals surface area contributed by atoms with E-state index in [4.69, 9.17) is 4.74 Å². The molecule has 3 heteroatoms. The Morgan fingerprint density at radius 3 is 2.83 bits per heavy atom. The zero-order valence-corrected chi connectivity index (χ0v) is 11.9. The van der Waals surface area contributed by atoms with E-state index in [9.17, 15) is 0 Å². The van der Waals surface area contributed by atoms with Gasteiger partial charge in [0.15, 0.2) is 0 Å². The molecular formula is C15H28N2O. The van der Waals surface area contributed by atoms with Gasteiger partial charge in [-0.25, -0.2) is 0 Å². The fourth-order valence-corrected chi connectivity index (χ4v) is 3.90. The molecule has 3 aliphatic rings. The molecule has 0 spiro atoms. The van der Waals surface area contributed by atoms with E-state index in [0.717, 1.165) is 24.4 Å². The maximum atomic E-state index is 5.99. The Hall–Kier alpha value is -0.120. The molecule has 0 amide bonds. The van der Waals surface area contributed by atoms with Gasteiger partial charge in [-0.2, -0.15) is 0 Å². The van der Waals surface area contributed by atoms with Gasteiger partial charge in [0.25, 0.3) is 0 Å². The van der Waals surface area contributed by atoms with Crippen molar-refractivity contribution in [2.45, 2.75) is 57.8 Å². The average molecular weight is 252 g/mol. The molecule has 3 fully saturated rings. The first-order chi connectivity index (χ1) is 8.72. The molecule has 0 aromatic heterocycles. The second-order valence-corrected chi connectivity index (χ2v) is 6.88. The molecule has 1 N–H and O–H groups in total. The maximum Gasteiger partial charge on any atom is 0.0735 e. The van der Waals surface area contributed by atoms with Crippen LogP contribution in [-0.2, 0) is 4.74 Å². The molecule has 3 rings (SSSR count). The van der Waals surface area contributed by atoms with Gasteiger partial charge in [-0.15, -0.1) is 0 Å². The van der Waals surface area contributed by atoms with E-state index in [1.165, 1.54) is 45.3 Å². The quantitative estimate of drug-likeness (QED) is 0.808. The highest BCUT2D eigenvalue weighted by atomic mass is 16.5. The van der Waals surface area contributed by atoms with Crippen molar-refractivity contribution in [1.82, 2.24) is 10.2 Å². The van der Waals surface area contributed by atoms with Crippen LogP contribution >= 0.6 is 0 Å². The van der Waals surface area contributed by atoms with Gasteiger partial charge >= 0.3 is 0 Å². The molecule has 0 aromatic rings. The highest BCUT2D eigenvalue weighted by Crippen LogP contribution is 2.38. The lowest BCUT2D eigenvalue weighted by molar-refractivity contribution is 0.0759. The van der Waals surface area contributed by atoms with Crippen molar-refractivity contribution < 1.29 is 4.74 Å². The normalized spacial score (nSPS) is 40.2. The SMILES string of the molecule is CC(C)CNCC1CCN(C2CC3CCC2O3)C1. The molecule has 3 aliphatic heterocycles. The summed E-state index contributed by atoms with van der Waals surface area (Å²) in [6.07, 6.45) is 6.46. The van der Waals surface area contributed by atoms with Crippen LogP contribution in [0.3, 0.4) is 0 Å². The van der Waals surface area contributed by atoms with Crippen LogP contribution in [0.15, 0.2) is 0 Å². The van der Waals surface area contributed by atoms with E-state index in [0.29, 0.717) is 12.2 Å². The molecule has 0 radical (unpaired) electrons. The van der Waals surface area contributed by atoms with Crippen LogP contribution in [0.2, 0.25) is 0 Å². The van der Waals surface area contributed by atoms with E-state index in [1.54, 1.807) is 0 Å². The largest absolute Gasteiger partial charge is 0.373 e. The molecule has 104 valence electrons. The summed E-state index contributed by atoms with van der Waals surface area (Å²) < 4.78 is 5.99.